The van der Waals surface area contributed by atoms with Crippen LogP contribution in [0.3, 0.4) is 0 Å². The molecule has 1 heterocycles. The smallest absolute Gasteiger partial charge is 0.0798 e. The monoisotopic (exact) mass is 232 g/mol. The molecule has 16 heavy (non-hydrogen) atoms. The highest BCUT2D eigenvalue weighted by atomic mass is 32.1. The van der Waals surface area contributed by atoms with E-state index in [4.69, 9.17) is 5.73 Å². The Hall–Kier alpha value is -1.19. The van der Waals surface area contributed by atoms with E-state index < -0.39 is 0 Å². The van der Waals surface area contributed by atoms with Gasteiger partial charge in [0.2, 0.25) is 0 Å². The van der Waals surface area contributed by atoms with Crippen LogP contribution in [-0.4, -0.2) is 4.98 Å². The Balaban J connectivity index is 1.94. The molecular weight excluding hydrogens is 216 g/mol. The molecule has 0 aliphatic rings. The van der Waals surface area contributed by atoms with E-state index in [0.717, 1.165) is 18.5 Å². The summed E-state index contributed by atoms with van der Waals surface area (Å²) in [5, 5.41) is 0. The van der Waals surface area contributed by atoms with Gasteiger partial charge in [-0.15, -0.1) is 11.3 Å². The van der Waals surface area contributed by atoms with Crippen LogP contribution in [0.25, 0.3) is 0 Å². The summed E-state index contributed by atoms with van der Waals surface area (Å²) < 4.78 is 0. The summed E-state index contributed by atoms with van der Waals surface area (Å²) in [5.41, 5.74) is 10.4. The lowest BCUT2D eigenvalue weighted by atomic mass is 10.0. The van der Waals surface area contributed by atoms with Gasteiger partial charge in [-0.05, 0) is 25.3 Å². The third-order valence-corrected chi connectivity index (χ3v) is 3.77. The van der Waals surface area contributed by atoms with Gasteiger partial charge in [0.15, 0.2) is 0 Å². The minimum atomic E-state index is 0.118. The maximum absolute atomic E-state index is 6.16. The van der Waals surface area contributed by atoms with Crippen molar-refractivity contribution in [2.24, 2.45) is 5.73 Å². The van der Waals surface area contributed by atoms with Gasteiger partial charge in [0, 0.05) is 10.9 Å². The molecule has 0 saturated carbocycles. The van der Waals surface area contributed by atoms with E-state index in [2.05, 4.69) is 29.2 Å². The highest BCUT2D eigenvalue weighted by molar-refractivity contribution is 7.09. The highest BCUT2D eigenvalue weighted by Gasteiger charge is 2.11. The van der Waals surface area contributed by atoms with Crippen molar-refractivity contribution >= 4 is 11.3 Å². The fourth-order valence-electron chi connectivity index (χ4n) is 1.76. The number of aryl methyl sites for hydroxylation is 2. The van der Waals surface area contributed by atoms with Gasteiger partial charge in [-0.2, -0.15) is 0 Å². The van der Waals surface area contributed by atoms with E-state index in [1.54, 1.807) is 11.3 Å². The second-order valence-electron chi connectivity index (χ2n) is 3.93. The van der Waals surface area contributed by atoms with Crippen molar-refractivity contribution in [3.63, 3.8) is 0 Å². The second kappa shape index (κ2) is 5.23. The summed E-state index contributed by atoms with van der Waals surface area (Å²) >= 11 is 1.66. The Morgan fingerprint density at radius 3 is 2.69 bits per heavy atom. The third kappa shape index (κ3) is 2.68. The van der Waals surface area contributed by atoms with Crippen LogP contribution in [0.15, 0.2) is 35.8 Å². The van der Waals surface area contributed by atoms with Crippen LogP contribution in [0.4, 0.5) is 0 Å². The lowest BCUT2D eigenvalue weighted by Gasteiger charge is -2.10. The summed E-state index contributed by atoms with van der Waals surface area (Å²) in [7, 11) is 0. The zero-order valence-corrected chi connectivity index (χ0v) is 10.2. The molecular formula is C13H16N2S. The maximum Gasteiger partial charge on any atom is 0.0798 e. The summed E-state index contributed by atoms with van der Waals surface area (Å²) in [6.45, 7) is 2.02. The van der Waals surface area contributed by atoms with Crippen LogP contribution in [0.1, 0.15) is 28.6 Å². The fourth-order valence-corrected chi connectivity index (χ4v) is 2.61. The molecule has 2 nitrogen and oxygen atoms in total. The molecule has 2 aromatic rings. The average Bonchev–Trinajstić information content (AvgIpc) is 2.74. The van der Waals surface area contributed by atoms with Crippen LogP contribution in [0, 0.1) is 6.92 Å². The molecule has 0 aliphatic heterocycles. The molecule has 84 valence electrons. The average molecular weight is 232 g/mol. The molecule has 0 radical (unpaired) electrons. The van der Waals surface area contributed by atoms with Crippen LogP contribution in [-0.2, 0) is 6.42 Å². The highest BCUT2D eigenvalue weighted by Crippen LogP contribution is 2.23. The number of hydrogen-bond donors (Lipinski definition) is 1. The van der Waals surface area contributed by atoms with Crippen molar-refractivity contribution < 1.29 is 0 Å². The van der Waals surface area contributed by atoms with Crippen LogP contribution in [0.5, 0.6) is 0 Å². The number of rotatable bonds is 4. The van der Waals surface area contributed by atoms with Gasteiger partial charge in [-0.1, -0.05) is 30.3 Å². The molecule has 0 fully saturated rings. The Morgan fingerprint density at radius 1 is 1.31 bits per heavy atom. The lowest BCUT2D eigenvalue weighted by Crippen LogP contribution is -2.11. The van der Waals surface area contributed by atoms with E-state index in [1.165, 1.54) is 10.4 Å². The number of benzene rings is 1. The van der Waals surface area contributed by atoms with E-state index in [1.807, 2.05) is 18.5 Å². The minimum Gasteiger partial charge on any atom is -0.323 e. The largest absolute Gasteiger partial charge is 0.323 e. The summed E-state index contributed by atoms with van der Waals surface area (Å²) in [6, 6.07) is 10.6. The number of thiazole rings is 1. The Morgan fingerprint density at radius 2 is 2.06 bits per heavy atom. The van der Waals surface area contributed by atoms with Gasteiger partial charge in [-0.3, -0.25) is 0 Å². The lowest BCUT2D eigenvalue weighted by molar-refractivity contribution is 0.657. The summed E-state index contributed by atoms with van der Waals surface area (Å²) in [5.74, 6) is 0. The molecule has 1 aromatic carbocycles. The van der Waals surface area contributed by atoms with Gasteiger partial charge < -0.3 is 5.73 Å². The van der Waals surface area contributed by atoms with Gasteiger partial charge in [-0.25, -0.2) is 4.98 Å². The van der Waals surface area contributed by atoms with Crippen molar-refractivity contribution in [1.29, 1.82) is 0 Å². The SMILES string of the molecule is Cc1ncsc1C(N)CCc1ccccc1. The van der Waals surface area contributed by atoms with E-state index in [0.29, 0.717) is 0 Å². The molecule has 3 heteroatoms. The summed E-state index contributed by atoms with van der Waals surface area (Å²) in [6.07, 6.45) is 2.01. The Kier molecular flexibility index (Phi) is 3.70. The third-order valence-electron chi connectivity index (χ3n) is 2.71. The first-order chi connectivity index (χ1) is 7.77. The maximum atomic E-state index is 6.16. The van der Waals surface area contributed by atoms with Crippen LogP contribution < -0.4 is 5.73 Å². The number of nitrogens with zero attached hydrogens (tertiary/aromatic N) is 1. The predicted molar refractivity (Wildman–Crippen MR) is 68.5 cm³/mol. The number of nitrogens with two attached hydrogens (primary N) is 1. The predicted octanol–water partition coefficient (Wildman–Crippen LogP) is 3.08. The quantitative estimate of drug-likeness (QED) is 0.879. The standard InChI is InChI=1S/C13H16N2S/c1-10-13(16-9-15-10)12(14)8-7-11-5-3-2-4-6-11/h2-6,9,12H,7-8,14H2,1H3. The van der Waals surface area contributed by atoms with Crippen molar-refractivity contribution in [2.75, 3.05) is 0 Å². The van der Waals surface area contributed by atoms with Crippen LogP contribution >= 0.6 is 11.3 Å². The zero-order valence-electron chi connectivity index (χ0n) is 9.39. The van der Waals surface area contributed by atoms with Gasteiger partial charge in [0.1, 0.15) is 0 Å². The van der Waals surface area contributed by atoms with Gasteiger partial charge in [0.25, 0.3) is 0 Å². The molecule has 1 aromatic heterocycles. The van der Waals surface area contributed by atoms with Crippen molar-refractivity contribution in [3.05, 3.63) is 52.0 Å². The number of aromatic nitrogens is 1. The topological polar surface area (TPSA) is 38.9 Å². The molecule has 0 bridgehead atoms. The molecule has 0 amide bonds. The van der Waals surface area contributed by atoms with Crippen LogP contribution in [0.2, 0.25) is 0 Å². The first-order valence-corrected chi connectivity index (χ1v) is 6.35. The minimum absolute atomic E-state index is 0.118. The van der Waals surface area contributed by atoms with E-state index >= 15 is 0 Å². The molecule has 1 atom stereocenters. The summed E-state index contributed by atoms with van der Waals surface area (Å²) in [4.78, 5) is 5.45. The van der Waals surface area contributed by atoms with Crippen molar-refractivity contribution in [1.82, 2.24) is 4.98 Å². The molecule has 0 spiro atoms. The van der Waals surface area contributed by atoms with Gasteiger partial charge >= 0.3 is 0 Å². The Bertz CT molecular complexity index is 436. The molecule has 0 saturated heterocycles. The zero-order chi connectivity index (χ0) is 11.4. The van der Waals surface area contributed by atoms with E-state index in [9.17, 15) is 0 Å². The van der Waals surface area contributed by atoms with Crippen molar-refractivity contribution in [2.45, 2.75) is 25.8 Å². The second-order valence-corrected chi connectivity index (χ2v) is 4.82. The Labute approximate surface area is 100 Å². The molecule has 2 N–H and O–H groups in total. The van der Waals surface area contributed by atoms with Gasteiger partial charge in [0.05, 0.1) is 11.2 Å². The normalized spacial score (nSPS) is 12.6. The van der Waals surface area contributed by atoms with Crippen molar-refractivity contribution in [3.8, 4) is 0 Å². The number of hydrogen-bond acceptors (Lipinski definition) is 3. The van der Waals surface area contributed by atoms with E-state index in [-0.39, 0.29) is 6.04 Å². The fraction of sp³-hybridized carbons (Fsp3) is 0.308. The first-order valence-electron chi connectivity index (χ1n) is 5.47. The first kappa shape index (κ1) is 11.3. The molecule has 2 rings (SSSR count). The molecule has 0 aliphatic carbocycles. The molecule has 1 unspecified atom stereocenters.